The minimum atomic E-state index is 0.442. The van der Waals surface area contributed by atoms with Crippen LogP contribution in [0.5, 0.6) is 5.75 Å². The highest BCUT2D eigenvalue weighted by molar-refractivity contribution is 7.94. The van der Waals surface area contributed by atoms with E-state index in [-0.39, 0.29) is 0 Å². The monoisotopic (exact) mass is 321 g/mol. The number of ether oxygens (including phenoxy) is 1. The first-order chi connectivity index (χ1) is 11.3. The molecule has 0 unspecified atom stereocenters. The van der Waals surface area contributed by atoms with Gasteiger partial charge >= 0.3 is 0 Å². The number of oxime groups is 1. The van der Waals surface area contributed by atoms with Gasteiger partial charge in [0.05, 0.1) is 10.5 Å². The molecule has 0 amide bonds. The van der Waals surface area contributed by atoms with Gasteiger partial charge in [-0.2, -0.15) is 0 Å². The van der Waals surface area contributed by atoms with E-state index in [0.29, 0.717) is 6.61 Å². The molecule has 3 aromatic carbocycles. The first-order valence-electron chi connectivity index (χ1n) is 7.43. The quantitative estimate of drug-likeness (QED) is 0.504. The minimum Gasteiger partial charge on any atom is -0.486 e. The van der Waals surface area contributed by atoms with E-state index >= 15 is 0 Å². The molecule has 4 heteroatoms. The van der Waals surface area contributed by atoms with Gasteiger partial charge in [-0.1, -0.05) is 53.2 Å². The van der Waals surface area contributed by atoms with Gasteiger partial charge in [-0.25, -0.2) is 0 Å². The summed E-state index contributed by atoms with van der Waals surface area (Å²) in [5.74, 6) is 0.867. The molecule has 0 spiro atoms. The number of hydrogen-bond acceptors (Lipinski definition) is 4. The summed E-state index contributed by atoms with van der Waals surface area (Å²) in [4.78, 5) is 1.03. The highest BCUT2D eigenvalue weighted by Crippen LogP contribution is 2.33. The predicted molar refractivity (Wildman–Crippen MR) is 94.1 cm³/mol. The number of rotatable bonds is 3. The zero-order chi connectivity index (χ0) is 15.6. The molecule has 0 radical (unpaired) electrons. The lowest BCUT2D eigenvalue weighted by molar-refractivity contribution is 0.375. The zero-order valence-electron chi connectivity index (χ0n) is 12.7. The third-order valence-corrected chi connectivity index (χ3v) is 4.46. The molecular weight excluding hydrogens is 306 g/mol. The fourth-order valence-electron chi connectivity index (χ4n) is 2.66. The Hall–Kier alpha value is -2.46. The van der Waals surface area contributed by atoms with Crippen LogP contribution in [0.4, 0.5) is 0 Å². The smallest absolute Gasteiger partial charge is 0.134 e. The standard InChI is InChI=1S/C19H15NO2S/c1-13-6-9-15(10-7-13)23-22-20-17-12-21-18-11-8-14-4-2-3-5-16(14)19(17)18/h2-11H,12H2,1H3/b20-17+. The molecule has 4 rings (SSSR count). The van der Waals surface area contributed by atoms with Crippen molar-refractivity contribution < 1.29 is 9.02 Å². The summed E-state index contributed by atoms with van der Waals surface area (Å²) in [5, 5.41) is 6.61. The summed E-state index contributed by atoms with van der Waals surface area (Å²) in [5.41, 5.74) is 3.09. The summed E-state index contributed by atoms with van der Waals surface area (Å²) in [6, 6.07) is 20.5. The summed E-state index contributed by atoms with van der Waals surface area (Å²) < 4.78 is 11.2. The van der Waals surface area contributed by atoms with E-state index < -0.39 is 0 Å². The summed E-state index contributed by atoms with van der Waals surface area (Å²) >= 11 is 1.25. The van der Waals surface area contributed by atoms with Gasteiger partial charge < -0.3 is 9.02 Å². The first-order valence-corrected chi connectivity index (χ1v) is 8.17. The highest BCUT2D eigenvalue weighted by atomic mass is 32.2. The Morgan fingerprint density at radius 1 is 1.00 bits per heavy atom. The van der Waals surface area contributed by atoms with Gasteiger partial charge in [-0.05, 0) is 35.9 Å². The van der Waals surface area contributed by atoms with Crippen molar-refractivity contribution in [3.8, 4) is 5.75 Å². The van der Waals surface area contributed by atoms with Crippen molar-refractivity contribution in [3.05, 3.63) is 71.8 Å². The molecular formula is C19H15NO2S. The van der Waals surface area contributed by atoms with Crippen LogP contribution in [-0.4, -0.2) is 12.3 Å². The van der Waals surface area contributed by atoms with Crippen molar-refractivity contribution in [2.75, 3.05) is 6.61 Å². The summed E-state index contributed by atoms with van der Waals surface area (Å²) in [6.45, 7) is 2.51. The van der Waals surface area contributed by atoms with E-state index in [1.54, 1.807) is 0 Å². The van der Waals surface area contributed by atoms with Crippen LogP contribution in [0.1, 0.15) is 11.1 Å². The molecule has 3 aromatic rings. The molecule has 0 fully saturated rings. The molecule has 0 aromatic heterocycles. The molecule has 114 valence electrons. The van der Waals surface area contributed by atoms with Gasteiger partial charge in [0.25, 0.3) is 0 Å². The molecule has 0 atom stereocenters. The lowest BCUT2D eigenvalue weighted by Crippen LogP contribution is -2.02. The van der Waals surface area contributed by atoms with Crippen molar-refractivity contribution >= 4 is 28.5 Å². The summed E-state index contributed by atoms with van der Waals surface area (Å²) in [6.07, 6.45) is 0. The van der Waals surface area contributed by atoms with Gasteiger partial charge in [0.15, 0.2) is 0 Å². The molecule has 0 saturated carbocycles. The van der Waals surface area contributed by atoms with Gasteiger partial charge in [0.2, 0.25) is 0 Å². The van der Waals surface area contributed by atoms with Crippen molar-refractivity contribution in [2.45, 2.75) is 11.8 Å². The topological polar surface area (TPSA) is 30.8 Å². The average molecular weight is 321 g/mol. The van der Waals surface area contributed by atoms with Gasteiger partial charge in [-0.15, -0.1) is 0 Å². The maximum absolute atomic E-state index is 5.72. The van der Waals surface area contributed by atoms with Gasteiger partial charge in [0, 0.05) is 0 Å². The molecule has 0 N–H and O–H groups in total. The highest BCUT2D eigenvalue weighted by Gasteiger charge is 2.22. The Bertz CT molecular complexity index is 888. The van der Waals surface area contributed by atoms with Crippen LogP contribution in [0.25, 0.3) is 10.8 Å². The van der Waals surface area contributed by atoms with Crippen molar-refractivity contribution in [1.82, 2.24) is 0 Å². The normalized spacial score (nSPS) is 14.7. The summed E-state index contributed by atoms with van der Waals surface area (Å²) in [7, 11) is 0. The minimum absolute atomic E-state index is 0.442. The van der Waals surface area contributed by atoms with E-state index in [4.69, 9.17) is 9.02 Å². The molecule has 3 nitrogen and oxygen atoms in total. The third kappa shape index (κ3) is 2.78. The van der Waals surface area contributed by atoms with Crippen molar-refractivity contribution in [3.63, 3.8) is 0 Å². The SMILES string of the molecule is Cc1ccc(SO/N=C2\COc3ccc4ccccc4c32)cc1. The van der Waals surface area contributed by atoms with Gasteiger partial charge in [-0.3, -0.25) is 0 Å². The van der Waals surface area contributed by atoms with E-state index in [0.717, 1.165) is 27.3 Å². The maximum atomic E-state index is 5.72. The third-order valence-electron chi connectivity index (χ3n) is 3.85. The number of benzene rings is 3. The van der Waals surface area contributed by atoms with Crippen molar-refractivity contribution in [2.24, 2.45) is 5.16 Å². The van der Waals surface area contributed by atoms with Crippen LogP contribution in [0.15, 0.2) is 70.7 Å². The number of hydrogen-bond donors (Lipinski definition) is 0. The largest absolute Gasteiger partial charge is 0.486 e. The van der Waals surface area contributed by atoms with Crippen LogP contribution >= 0.6 is 12.0 Å². The Labute approximate surface area is 139 Å². The second-order valence-electron chi connectivity index (χ2n) is 5.46. The van der Waals surface area contributed by atoms with E-state index in [2.05, 4.69) is 42.4 Å². The second kappa shape index (κ2) is 5.97. The fourth-order valence-corrected chi connectivity index (χ4v) is 3.12. The van der Waals surface area contributed by atoms with Crippen LogP contribution < -0.4 is 4.74 Å². The van der Waals surface area contributed by atoms with Crippen LogP contribution in [-0.2, 0) is 4.28 Å². The lowest BCUT2D eigenvalue weighted by atomic mass is 10.0. The van der Waals surface area contributed by atoms with E-state index in [1.165, 1.54) is 23.0 Å². The van der Waals surface area contributed by atoms with E-state index in [1.807, 2.05) is 30.3 Å². The zero-order valence-corrected chi connectivity index (χ0v) is 13.5. The Kier molecular flexibility index (Phi) is 3.67. The molecule has 0 saturated heterocycles. The van der Waals surface area contributed by atoms with Crippen LogP contribution in [0, 0.1) is 6.92 Å². The molecule has 1 aliphatic heterocycles. The molecule has 1 aliphatic rings. The average Bonchev–Trinajstić information content (AvgIpc) is 3.00. The fraction of sp³-hybridized carbons (Fsp3) is 0.105. The van der Waals surface area contributed by atoms with E-state index in [9.17, 15) is 0 Å². The number of fused-ring (bicyclic) bond motifs is 3. The van der Waals surface area contributed by atoms with Crippen LogP contribution in [0.2, 0.25) is 0 Å². The second-order valence-corrected chi connectivity index (χ2v) is 6.24. The van der Waals surface area contributed by atoms with Crippen LogP contribution in [0.3, 0.4) is 0 Å². The molecule has 0 bridgehead atoms. The Balaban J connectivity index is 1.60. The number of aryl methyl sites for hydroxylation is 1. The Morgan fingerprint density at radius 2 is 1.83 bits per heavy atom. The molecule has 0 aliphatic carbocycles. The van der Waals surface area contributed by atoms with Crippen molar-refractivity contribution in [1.29, 1.82) is 0 Å². The number of nitrogens with zero attached hydrogens (tertiary/aromatic N) is 1. The van der Waals surface area contributed by atoms with Gasteiger partial charge in [0.1, 0.15) is 30.1 Å². The Morgan fingerprint density at radius 3 is 2.70 bits per heavy atom. The maximum Gasteiger partial charge on any atom is 0.134 e. The first kappa shape index (κ1) is 14.2. The predicted octanol–water partition coefficient (Wildman–Crippen LogP) is 4.97. The molecule has 1 heterocycles. The molecule has 23 heavy (non-hydrogen) atoms. The lowest BCUT2D eigenvalue weighted by Gasteiger charge is -2.03.